The maximum Gasteiger partial charge on any atom is 0.236 e. The predicted octanol–water partition coefficient (Wildman–Crippen LogP) is 2.48. The van der Waals surface area contributed by atoms with Crippen molar-refractivity contribution in [3.05, 3.63) is 22.9 Å². The van der Waals surface area contributed by atoms with Gasteiger partial charge in [-0.05, 0) is 13.8 Å². The zero-order chi connectivity index (χ0) is 12.3. The lowest BCUT2D eigenvalue weighted by molar-refractivity contribution is -0.113. The van der Waals surface area contributed by atoms with E-state index in [4.69, 9.17) is 4.52 Å². The van der Waals surface area contributed by atoms with Crippen molar-refractivity contribution in [1.82, 2.24) is 10.1 Å². The molecule has 1 amide bonds. The molecule has 0 atom stereocenters. The second kappa shape index (κ2) is 5.33. The number of carbonyl (C=O) groups is 1. The Morgan fingerprint density at radius 3 is 3.00 bits per heavy atom. The van der Waals surface area contributed by atoms with E-state index in [0.29, 0.717) is 17.3 Å². The third kappa shape index (κ3) is 3.57. The van der Waals surface area contributed by atoms with E-state index in [1.54, 1.807) is 13.0 Å². The van der Waals surface area contributed by atoms with E-state index in [1.807, 2.05) is 12.3 Å². The van der Waals surface area contributed by atoms with Gasteiger partial charge in [-0.1, -0.05) is 16.9 Å². The summed E-state index contributed by atoms with van der Waals surface area (Å²) in [5, 5.41) is 8.30. The molecule has 17 heavy (non-hydrogen) atoms. The first-order valence-electron chi connectivity index (χ1n) is 4.91. The zero-order valence-electron chi connectivity index (χ0n) is 9.39. The molecular formula is C10H11N3O2S2. The summed E-state index contributed by atoms with van der Waals surface area (Å²) in [6.45, 7) is 3.70. The molecule has 5 nitrogen and oxygen atoms in total. The van der Waals surface area contributed by atoms with Crippen LogP contribution < -0.4 is 5.32 Å². The summed E-state index contributed by atoms with van der Waals surface area (Å²) in [6, 6.07) is 1.68. The Bertz CT molecular complexity index is 521. The van der Waals surface area contributed by atoms with Crippen LogP contribution in [0.15, 0.2) is 20.3 Å². The first-order chi connectivity index (χ1) is 8.13. The lowest BCUT2D eigenvalue weighted by atomic mass is 10.5. The summed E-state index contributed by atoms with van der Waals surface area (Å²) < 4.78 is 5.75. The van der Waals surface area contributed by atoms with Crippen molar-refractivity contribution in [2.75, 3.05) is 11.1 Å². The van der Waals surface area contributed by atoms with Gasteiger partial charge in [0.1, 0.15) is 5.76 Å². The van der Waals surface area contributed by atoms with Crippen LogP contribution in [0.25, 0.3) is 0 Å². The molecule has 0 radical (unpaired) electrons. The third-order valence-electron chi connectivity index (χ3n) is 1.82. The number of nitrogens with zero attached hydrogens (tertiary/aromatic N) is 2. The van der Waals surface area contributed by atoms with Gasteiger partial charge in [-0.2, -0.15) is 0 Å². The fourth-order valence-electron chi connectivity index (χ4n) is 1.13. The minimum absolute atomic E-state index is 0.115. The third-order valence-corrected chi connectivity index (χ3v) is 3.96. The maximum atomic E-state index is 11.6. The van der Waals surface area contributed by atoms with E-state index in [1.165, 1.54) is 23.1 Å². The Morgan fingerprint density at radius 1 is 1.59 bits per heavy atom. The van der Waals surface area contributed by atoms with E-state index in [-0.39, 0.29) is 5.91 Å². The van der Waals surface area contributed by atoms with E-state index in [9.17, 15) is 4.79 Å². The number of anilines is 1. The largest absolute Gasteiger partial charge is 0.360 e. The highest BCUT2D eigenvalue weighted by atomic mass is 32.2. The average molecular weight is 269 g/mol. The summed E-state index contributed by atoms with van der Waals surface area (Å²) in [7, 11) is 0. The van der Waals surface area contributed by atoms with Crippen molar-refractivity contribution in [2.45, 2.75) is 18.2 Å². The van der Waals surface area contributed by atoms with Crippen molar-refractivity contribution in [3.8, 4) is 0 Å². The van der Waals surface area contributed by atoms with Gasteiger partial charge in [-0.25, -0.2) is 4.98 Å². The van der Waals surface area contributed by atoms with Gasteiger partial charge in [-0.15, -0.1) is 11.3 Å². The van der Waals surface area contributed by atoms with Crippen LogP contribution in [0.2, 0.25) is 0 Å². The topological polar surface area (TPSA) is 68.0 Å². The first kappa shape index (κ1) is 12.1. The molecule has 2 aromatic heterocycles. The van der Waals surface area contributed by atoms with Crippen LogP contribution in [0, 0.1) is 13.8 Å². The first-order valence-corrected chi connectivity index (χ1v) is 6.78. The molecule has 0 saturated carbocycles. The molecule has 7 heteroatoms. The SMILES string of the molecule is Cc1csc(SCC(=O)Nc2cc(C)on2)n1. The van der Waals surface area contributed by atoms with Crippen molar-refractivity contribution >= 4 is 34.8 Å². The number of amides is 1. The van der Waals surface area contributed by atoms with Gasteiger partial charge in [0.15, 0.2) is 10.2 Å². The molecule has 1 N–H and O–H groups in total. The summed E-state index contributed by atoms with van der Waals surface area (Å²) in [5.74, 6) is 1.32. The zero-order valence-corrected chi connectivity index (χ0v) is 11.0. The van der Waals surface area contributed by atoms with Crippen LogP contribution >= 0.6 is 23.1 Å². The molecule has 0 aliphatic carbocycles. The van der Waals surface area contributed by atoms with Gasteiger partial charge >= 0.3 is 0 Å². The van der Waals surface area contributed by atoms with Gasteiger partial charge in [0.2, 0.25) is 5.91 Å². The van der Waals surface area contributed by atoms with Crippen LogP contribution in [0.4, 0.5) is 5.82 Å². The highest BCUT2D eigenvalue weighted by molar-refractivity contribution is 8.01. The fourth-order valence-corrected chi connectivity index (χ4v) is 2.78. The predicted molar refractivity (Wildman–Crippen MR) is 67.4 cm³/mol. The Balaban J connectivity index is 1.82. The fraction of sp³-hybridized carbons (Fsp3) is 0.300. The molecule has 0 aromatic carbocycles. The summed E-state index contributed by atoms with van der Waals surface area (Å²) in [4.78, 5) is 15.8. The van der Waals surface area contributed by atoms with Crippen molar-refractivity contribution < 1.29 is 9.32 Å². The van der Waals surface area contributed by atoms with E-state index in [0.717, 1.165) is 10.0 Å². The number of aromatic nitrogens is 2. The van der Waals surface area contributed by atoms with Crippen molar-refractivity contribution in [3.63, 3.8) is 0 Å². The molecule has 0 unspecified atom stereocenters. The Morgan fingerprint density at radius 2 is 2.41 bits per heavy atom. The molecular weight excluding hydrogens is 258 g/mol. The smallest absolute Gasteiger partial charge is 0.236 e. The molecule has 2 heterocycles. The second-order valence-electron chi connectivity index (χ2n) is 3.41. The molecule has 0 saturated heterocycles. The number of rotatable bonds is 4. The van der Waals surface area contributed by atoms with Crippen molar-refractivity contribution in [2.24, 2.45) is 0 Å². The van der Waals surface area contributed by atoms with Crippen LogP contribution in [-0.2, 0) is 4.79 Å². The molecule has 0 aliphatic rings. The molecule has 0 bridgehead atoms. The Kier molecular flexibility index (Phi) is 3.80. The summed E-state index contributed by atoms with van der Waals surface area (Å²) in [6.07, 6.45) is 0. The van der Waals surface area contributed by atoms with Crippen LogP contribution in [-0.4, -0.2) is 21.8 Å². The van der Waals surface area contributed by atoms with E-state index >= 15 is 0 Å². The lowest BCUT2D eigenvalue weighted by Gasteiger charge is -1.98. The Labute approximate surface area is 107 Å². The second-order valence-corrected chi connectivity index (χ2v) is 5.50. The lowest BCUT2D eigenvalue weighted by Crippen LogP contribution is -2.14. The number of nitrogens with one attached hydrogen (secondary N) is 1. The minimum Gasteiger partial charge on any atom is -0.360 e. The number of thioether (sulfide) groups is 1. The van der Waals surface area contributed by atoms with Gasteiger partial charge in [0, 0.05) is 17.1 Å². The van der Waals surface area contributed by atoms with Crippen LogP contribution in [0.1, 0.15) is 11.5 Å². The Hall–Kier alpha value is -1.34. The maximum absolute atomic E-state index is 11.6. The number of hydrogen-bond acceptors (Lipinski definition) is 6. The molecule has 2 aromatic rings. The average Bonchev–Trinajstić information content (AvgIpc) is 2.85. The number of aryl methyl sites for hydroxylation is 2. The standard InChI is InChI=1S/C10H11N3O2S2/c1-6-4-16-10(11-6)17-5-9(14)12-8-3-7(2)15-13-8/h3-4H,5H2,1-2H3,(H,12,13,14). The quantitative estimate of drug-likeness (QED) is 0.864. The molecule has 0 fully saturated rings. The summed E-state index contributed by atoms with van der Waals surface area (Å²) >= 11 is 2.95. The molecule has 0 aliphatic heterocycles. The van der Waals surface area contributed by atoms with Gasteiger partial charge in [-0.3, -0.25) is 4.79 Å². The number of hydrogen-bond donors (Lipinski definition) is 1. The molecule has 90 valence electrons. The molecule has 2 rings (SSSR count). The number of carbonyl (C=O) groups excluding carboxylic acids is 1. The van der Waals surface area contributed by atoms with Gasteiger partial charge in [0.25, 0.3) is 0 Å². The number of thiazole rings is 1. The summed E-state index contributed by atoms with van der Waals surface area (Å²) in [5.41, 5.74) is 0.977. The van der Waals surface area contributed by atoms with E-state index in [2.05, 4.69) is 15.5 Å². The minimum atomic E-state index is -0.115. The highest BCUT2D eigenvalue weighted by Crippen LogP contribution is 2.22. The van der Waals surface area contributed by atoms with Crippen molar-refractivity contribution in [1.29, 1.82) is 0 Å². The molecule has 0 spiro atoms. The monoisotopic (exact) mass is 269 g/mol. The van der Waals surface area contributed by atoms with Crippen LogP contribution in [0.5, 0.6) is 0 Å². The normalized spacial score (nSPS) is 10.5. The van der Waals surface area contributed by atoms with Gasteiger partial charge in [0.05, 0.1) is 5.75 Å². The van der Waals surface area contributed by atoms with Gasteiger partial charge < -0.3 is 9.84 Å². The van der Waals surface area contributed by atoms with Crippen LogP contribution in [0.3, 0.4) is 0 Å². The highest BCUT2D eigenvalue weighted by Gasteiger charge is 2.08. The van der Waals surface area contributed by atoms with E-state index < -0.39 is 0 Å².